The van der Waals surface area contributed by atoms with E-state index < -0.39 is 0 Å². The van der Waals surface area contributed by atoms with Crippen LogP contribution < -0.4 is 0 Å². The van der Waals surface area contributed by atoms with Gasteiger partial charge in [0.15, 0.2) is 0 Å². The topological polar surface area (TPSA) is 30.7 Å². The zero-order chi connectivity index (χ0) is 11.0. The minimum Gasteiger partial charge on any atom is -0.334 e. The van der Waals surface area contributed by atoms with Gasteiger partial charge in [-0.05, 0) is 24.5 Å². The molecule has 0 unspecified atom stereocenters. The molecule has 3 rings (SSSR count). The molecule has 16 heavy (non-hydrogen) atoms. The molecule has 0 bridgehead atoms. The third kappa shape index (κ3) is 1.62. The third-order valence-electron chi connectivity index (χ3n) is 3.23. The predicted molar refractivity (Wildman–Crippen MR) is 62.9 cm³/mol. The summed E-state index contributed by atoms with van der Waals surface area (Å²) in [4.78, 5) is 8.74. The average molecular weight is 213 g/mol. The monoisotopic (exact) mass is 213 g/mol. The van der Waals surface area contributed by atoms with Gasteiger partial charge in [-0.25, -0.2) is 4.98 Å². The van der Waals surface area contributed by atoms with E-state index in [9.17, 15) is 0 Å². The van der Waals surface area contributed by atoms with Gasteiger partial charge in [-0.3, -0.25) is 4.98 Å². The molecule has 0 spiro atoms. The van der Waals surface area contributed by atoms with E-state index in [4.69, 9.17) is 4.98 Å². The van der Waals surface area contributed by atoms with Gasteiger partial charge >= 0.3 is 0 Å². The van der Waals surface area contributed by atoms with E-state index in [0.717, 1.165) is 30.1 Å². The Hall–Kier alpha value is -1.64. The normalized spacial score (nSPS) is 19.4. The van der Waals surface area contributed by atoms with Crippen LogP contribution in [0.3, 0.4) is 0 Å². The SMILES string of the molecule is C[C@@H]1CCn2cc(-c3ccncc3)nc2C1. The van der Waals surface area contributed by atoms with Crippen LogP contribution in [0.4, 0.5) is 0 Å². The fourth-order valence-electron chi connectivity index (χ4n) is 2.25. The minimum absolute atomic E-state index is 0.764. The Labute approximate surface area is 95.2 Å². The van der Waals surface area contributed by atoms with Gasteiger partial charge in [0.05, 0.1) is 5.69 Å². The number of hydrogen-bond donors (Lipinski definition) is 0. The van der Waals surface area contributed by atoms with Crippen LogP contribution in [0.15, 0.2) is 30.7 Å². The maximum absolute atomic E-state index is 4.71. The summed E-state index contributed by atoms with van der Waals surface area (Å²) in [5.74, 6) is 1.99. The number of nitrogens with zero attached hydrogens (tertiary/aromatic N) is 3. The zero-order valence-electron chi connectivity index (χ0n) is 9.43. The number of hydrogen-bond acceptors (Lipinski definition) is 2. The van der Waals surface area contributed by atoms with Gasteiger partial charge in [0.1, 0.15) is 5.82 Å². The maximum atomic E-state index is 4.71. The summed E-state index contributed by atoms with van der Waals surface area (Å²) in [6, 6.07) is 4.02. The van der Waals surface area contributed by atoms with Crippen LogP contribution >= 0.6 is 0 Å². The van der Waals surface area contributed by atoms with Crippen molar-refractivity contribution in [1.82, 2.24) is 14.5 Å². The molecule has 3 heterocycles. The maximum Gasteiger partial charge on any atom is 0.109 e. The summed E-state index contributed by atoms with van der Waals surface area (Å²) < 4.78 is 2.29. The fourth-order valence-corrected chi connectivity index (χ4v) is 2.25. The molecule has 0 aromatic carbocycles. The standard InChI is InChI=1S/C13H15N3/c1-10-4-7-16-9-12(15-13(16)8-10)11-2-5-14-6-3-11/h2-3,5-6,9-10H,4,7-8H2,1H3/t10-/m1/s1. The second-order valence-electron chi connectivity index (χ2n) is 4.57. The summed E-state index contributed by atoms with van der Waals surface area (Å²) >= 11 is 0. The van der Waals surface area contributed by atoms with Gasteiger partial charge in [0.2, 0.25) is 0 Å². The Morgan fingerprint density at radius 2 is 2.12 bits per heavy atom. The Bertz CT molecular complexity index is 487. The van der Waals surface area contributed by atoms with Gasteiger partial charge in [0.25, 0.3) is 0 Å². The van der Waals surface area contributed by atoms with Crippen LogP contribution in [0.5, 0.6) is 0 Å². The lowest BCUT2D eigenvalue weighted by molar-refractivity contribution is 0.409. The van der Waals surface area contributed by atoms with E-state index in [1.54, 1.807) is 0 Å². The Morgan fingerprint density at radius 3 is 2.94 bits per heavy atom. The number of aryl methyl sites for hydroxylation is 1. The molecule has 1 atom stereocenters. The van der Waals surface area contributed by atoms with Gasteiger partial charge in [-0.2, -0.15) is 0 Å². The Morgan fingerprint density at radius 1 is 1.31 bits per heavy atom. The lowest BCUT2D eigenvalue weighted by Crippen LogP contribution is -2.16. The van der Waals surface area contributed by atoms with Crippen molar-refractivity contribution in [3.8, 4) is 11.3 Å². The van der Waals surface area contributed by atoms with E-state index in [-0.39, 0.29) is 0 Å². The second-order valence-corrected chi connectivity index (χ2v) is 4.57. The molecule has 3 heteroatoms. The average Bonchev–Trinajstić information content (AvgIpc) is 2.73. The first kappa shape index (κ1) is 9.58. The van der Waals surface area contributed by atoms with Crippen molar-refractivity contribution in [2.75, 3.05) is 0 Å². The zero-order valence-corrected chi connectivity index (χ0v) is 9.43. The summed E-state index contributed by atoms with van der Waals surface area (Å²) in [6.45, 7) is 3.40. The van der Waals surface area contributed by atoms with E-state index >= 15 is 0 Å². The quantitative estimate of drug-likeness (QED) is 0.728. The number of fused-ring (bicyclic) bond motifs is 1. The molecule has 2 aromatic heterocycles. The summed E-state index contributed by atoms with van der Waals surface area (Å²) in [6.07, 6.45) is 8.16. The van der Waals surface area contributed by atoms with Crippen LogP contribution in [0.25, 0.3) is 11.3 Å². The third-order valence-corrected chi connectivity index (χ3v) is 3.23. The Balaban J connectivity index is 1.99. The van der Waals surface area contributed by atoms with Crippen molar-refractivity contribution in [3.05, 3.63) is 36.5 Å². The fraction of sp³-hybridized carbons (Fsp3) is 0.385. The molecule has 0 radical (unpaired) electrons. The first-order valence-corrected chi connectivity index (χ1v) is 5.79. The molecule has 82 valence electrons. The first-order valence-electron chi connectivity index (χ1n) is 5.79. The number of imidazole rings is 1. The largest absolute Gasteiger partial charge is 0.334 e. The van der Waals surface area contributed by atoms with Crippen molar-refractivity contribution < 1.29 is 0 Å². The van der Waals surface area contributed by atoms with Crippen LogP contribution in [0.2, 0.25) is 0 Å². The van der Waals surface area contributed by atoms with E-state index in [0.29, 0.717) is 0 Å². The molecule has 0 aliphatic carbocycles. The molecule has 0 amide bonds. The lowest BCUT2D eigenvalue weighted by atomic mass is 10.0. The van der Waals surface area contributed by atoms with Crippen molar-refractivity contribution in [2.45, 2.75) is 26.3 Å². The summed E-state index contributed by atoms with van der Waals surface area (Å²) in [7, 11) is 0. The smallest absolute Gasteiger partial charge is 0.109 e. The van der Waals surface area contributed by atoms with Crippen molar-refractivity contribution in [1.29, 1.82) is 0 Å². The van der Waals surface area contributed by atoms with E-state index in [1.807, 2.05) is 24.5 Å². The Kier molecular flexibility index (Phi) is 2.24. The van der Waals surface area contributed by atoms with Gasteiger partial charge in [0, 0.05) is 37.1 Å². The van der Waals surface area contributed by atoms with Crippen LogP contribution in [-0.2, 0) is 13.0 Å². The molecule has 2 aromatic rings. The number of rotatable bonds is 1. The first-order chi connectivity index (χ1) is 7.83. The van der Waals surface area contributed by atoms with E-state index in [2.05, 4.69) is 22.7 Å². The van der Waals surface area contributed by atoms with Crippen molar-refractivity contribution in [2.24, 2.45) is 5.92 Å². The molecule has 1 aliphatic heterocycles. The summed E-state index contributed by atoms with van der Waals surface area (Å²) in [5, 5.41) is 0. The highest BCUT2D eigenvalue weighted by atomic mass is 15.1. The van der Waals surface area contributed by atoms with E-state index in [1.165, 1.54) is 12.2 Å². The highest BCUT2D eigenvalue weighted by molar-refractivity contribution is 5.57. The molecular formula is C13H15N3. The number of pyridine rings is 1. The lowest BCUT2D eigenvalue weighted by Gasteiger charge is -2.18. The molecule has 0 fully saturated rings. The minimum atomic E-state index is 0.764. The predicted octanol–water partition coefficient (Wildman–Crippen LogP) is 2.53. The van der Waals surface area contributed by atoms with Gasteiger partial charge in [-0.15, -0.1) is 0 Å². The van der Waals surface area contributed by atoms with Gasteiger partial charge < -0.3 is 4.57 Å². The van der Waals surface area contributed by atoms with Gasteiger partial charge in [-0.1, -0.05) is 6.92 Å². The molecule has 1 aliphatic rings. The number of aromatic nitrogens is 3. The molecule has 3 nitrogen and oxygen atoms in total. The van der Waals surface area contributed by atoms with Crippen molar-refractivity contribution >= 4 is 0 Å². The molecule has 0 saturated heterocycles. The highest BCUT2D eigenvalue weighted by Crippen LogP contribution is 2.24. The highest BCUT2D eigenvalue weighted by Gasteiger charge is 2.17. The van der Waals surface area contributed by atoms with Crippen LogP contribution in [-0.4, -0.2) is 14.5 Å². The van der Waals surface area contributed by atoms with Crippen LogP contribution in [0, 0.1) is 5.92 Å². The summed E-state index contributed by atoms with van der Waals surface area (Å²) in [5.41, 5.74) is 2.23. The second kappa shape index (κ2) is 3.74. The van der Waals surface area contributed by atoms with Crippen LogP contribution in [0.1, 0.15) is 19.2 Å². The molecule has 0 saturated carbocycles. The van der Waals surface area contributed by atoms with Crippen molar-refractivity contribution in [3.63, 3.8) is 0 Å². The molecule has 0 N–H and O–H groups in total. The molecular weight excluding hydrogens is 198 g/mol.